The van der Waals surface area contributed by atoms with Crippen LogP contribution in [0.25, 0.3) is 0 Å². The number of hydrogen-bond donors (Lipinski definition) is 2. The van der Waals surface area contributed by atoms with Crippen LogP contribution in [0.3, 0.4) is 0 Å². The van der Waals surface area contributed by atoms with E-state index < -0.39 is 0 Å². The van der Waals surface area contributed by atoms with Gasteiger partial charge in [-0.1, -0.05) is 44.7 Å². The highest BCUT2D eigenvalue weighted by molar-refractivity contribution is 7.96. The second-order valence-electron chi connectivity index (χ2n) is 4.22. The van der Waals surface area contributed by atoms with Crippen molar-refractivity contribution < 1.29 is 4.79 Å². The number of nitrogens with one attached hydrogen (secondary N) is 1. The van der Waals surface area contributed by atoms with E-state index in [-0.39, 0.29) is 5.24 Å². The van der Waals surface area contributed by atoms with E-state index in [0.717, 1.165) is 38.2 Å². The molecule has 0 saturated heterocycles. The van der Waals surface area contributed by atoms with E-state index in [0.29, 0.717) is 0 Å². The molecule has 0 radical (unpaired) electrons. The molecule has 0 atom stereocenters. The number of hydrogen-bond acceptors (Lipinski definition) is 2. The van der Waals surface area contributed by atoms with Gasteiger partial charge in [-0.3, -0.25) is 4.79 Å². The van der Waals surface area contributed by atoms with E-state index in [9.17, 15) is 4.79 Å². The number of amides is 1. The van der Waals surface area contributed by atoms with Crippen molar-refractivity contribution in [1.29, 1.82) is 0 Å². The van der Waals surface area contributed by atoms with Crippen LogP contribution in [0, 0.1) is 0 Å². The first kappa shape index (κ1) is 15.1. The van der Waals surface area contributed by atoms with Gasteiger partial charge in [0.05, 0.1) is 0 Å². The molecule has 0 aliphatic rings. The molecule has 1 rings (SSSR count). The lowest BCUT2D eigenvalue weighted by Crippen LogP contribution is -2.24. The number of benzene rings is 1. The van der Waals surface area contributed by atoms with Crippen LogP contribution in [0.4, 0.5) is 10.5 Å². The molecule has 0 bridgehead atoms. The number of aryl methyl sites for hydroxylation is 1. The third kappa shape index (κ3) is 5.10. The van der Waals surface area contributed by atoms with Gasteiger partial charge in [-0.25, -0.2) is 0 Å². The minimum atomic E-state index is -0.314. The number of para-hydroxylation sites is 1. The first-order valence-corrected chi connectivity index (χ1v) is 6.92. The van der Waals surface area contributed by atoms with Crippen LogP contribution in [-0.4, -0.2) is 29.8 Å². The summed E-state index contributed by atoms with van der Waals surface area (Å²) in [5.41, 5.74) is 2.05. The molecule has 1 amide bonds. The second kappa shape index (κ2) is 8.16. The molecule has 0 aliphatic carbocycles. The molecule has 0 aromatic heterocycles. The fraction of sp³-hybridized carbons (Fsp3) is 0.500. The maximum Gasteiger partial charge on any atom is 0.280 e. The average Bonchev–Trinajstić information content (AvgIpc) is 2.36. The van der Waals surface area contributed by atoms with Crippen molar-refractivity contribution in [3.05, 3.63) is 29.8 Å². The molecule has 100 valence electrons. The van der Waals surface area contributed by atoms with Crippen LogP contribution in [0.5, 0.6) is 0 Å². The summed E-state index contributed by atoms with van der Waals surface area (Å²) in [6.07, 6.45) is 2.07. The Morgan fingerprint density at radius 2 is 1.94 bits per heavy atom. The lowest BCUT2D eigenvalue weighted by molar-refractivity contribution is 0.270. The third-order valence-corrected chi connectivity index (χ3v) is 3.19. The number of nitrogens with zero attached hydrogens (tertiary/aromatic N) is 1. The Bertz CT molecular complexity index is 378. The molecular weight excluding hydrogens is 244 g/mol. The van der Waals surface area contributed by atoms with Gasteiger partial charge in [0, 0.05) is 5.69 Å². The Hall–Kier alpha value is -1.000. The van der Waals surface area contributed by atoms with Crippen molar-refractivity contribution in [3.63, 3.8) is 0 Å². The number of rotatable bonds is 7. The van der Waals surface area contributed by atoms with Crippen LogP contribution < -0.4 is 5.32 Å². The monoisotopic (exact) mass is 266 g/mol. The summed E-state index contributed by atoms with van der Waals surface area (Å²) in [5.74, 6) is 0. The molecule has 1 aromatic rings. The Balaban J connectivity index is 2.53. The van der Waals surface area contributed by atoms with E-state index in [1.54, 1.807) is 0 Å². The van der Waals surface area contributed by atoms with Crippen molar-refractivity contribution in [2.24, 2.45) is 0 Å². The summed E-state index contributed by atoms with van der Waals surface area (Å²) in [6, 6.07) is 7.90. The van der Waals surface area contributed by atoms with Gasteiger partial charge in [-0.15, -0.1) is 0 Å². The summed E-state index contributed by atoms with van der Waals surface area (Å²) in [6.45, 7) is 7.63. The summed E-state index contributed by atoms with van der Waals surface area (Å²) in [5, 5.41) is 2.44. The zero-order valence-electron chi connectivity index (χ0n) is 11.1. The lowest BCUT2D eigenvalue weighted by atomic mass is 10.1. The number of carbonyl (C=O) groups excluding carboxylic acids is 1. The largest absolute Gasteiger partial charge is 0.317 e. The smallest absolute Gasteiger partial charge is 0.280 e. The third-order valence-electron chi connectivity index (χ3n) is 3.07. The van der Waals surface area contributed by atoms with Gasteiger partial charge in [0.1, 0.15) is 0 Å². The minimum Gasteiger partial charge on any atom is -0.317 e. The van der Waals surface area contributed by atoms with Gasteiger partial charge >= 0.3 is 0 Å². The van der Waals surface area contributed by atoms with E-state index >= 15 is 0 Å². The summed E-state index contributed by atoms with van der Waals surface area (Å²) >= 11 is 3.75. The number of anilines is 1. The van der Waals surface area contributed by atoms with E-state index in [1.165, 1.54) is 5.56 Å². The predicted octanol–water partition coefficient (Wildman–Crippen LogP) is 3.42. The molecular formula is C14H22N2OS. The topological polar surface area (TPSA) is 32.3 Å². The van der Waals surface area contributed by atoms with Gasteiger partial charge in [-0.2, -0.15) is 0 Å². The highest BCUT2D eigenvalue weighted by Crippen LogP contribution is 2.17. The van der Waals surface area contributed by atoms with Crippen molar-refractivity contribution in [3.8, 4) is 0 Å². The van der Waals surface area contributed by atoms with Gasteiger partial charge < -0.3 is 10.2 Å². The SMILES string of the molecule is CCN(CC)CCCc1ccccc1NC(=O)S. The molecule has 18 heavy (non-hydrogen) atoms. The van der Waals surface area contributed by atoms with Gasteiger partial charge in [-0.05, 0) is 44.1 Å². The normalized spacial score (nSPS) is 10.7. The van der Waals surface area contributed by atoms with E-state index in [4.69, 9.17) is 0 Å². The maximum atomic E-state index is 11.0. The Labute approximate surface area is 115 Å². The fourth-order valence-corrected chi connectivity index (χ4v) is 2.13. The number of thiol groups is 1. The van der Waals surface area contributed by atoms with Crippen LogP contribution in [0.2, 0.25) is 0 Å². The lowest BCUT2D eigenvalue weighted by Gasteiger charge is -2.18. The van der Waals surface area contributed by atoms with Gasteiger partial charge in [0.25, 0.3) is 5.24 Å². The zero-order valence-corrected chi connectivity index (χ0v) is 12.0. The fourth-order valence-electron chi connectivity index (χ4n) is 2.01. The van der Waals surface area contributed by atoms with E-state index in [2.05, 4.69) is 42.8 Å². The molecule has 0 unspecified atom stereocenters. The Kier molecular flexibility index (Phi) is 6.83. The highest BCUT2D eigenvalue weighted by atomic mass is 32.1. The maximum absolute atomic E-state index is 11.0. The first-order chi connectivity index (χ1) is 8.67. The number of carbonyl (C=O) groups is 1. The molecule has 1 N–H and O–H groups in total. The molecule has 0 heterocycles. The molecule has 4 heteroatoms. The summed E-state index contributed by atoms with van der Waals surface area (Å²) < 4.78 is 0. The summed E-state index contributed by atoms with van der Waals surface area (Å²) in [4.78, 5) is 13.4. The average molecular weight is 266 g/mol. The second-order valence-corrected chi connectivity index (χ2v) is 4.62. The van der Waals surface area contributed by atoms with Crippen LogP contribution in [-0.2, 0) is 6.42 Å². The zero-order chi connectivity index (χ0) is 13.4. The quantitative estimate of drug-likeness (QED) is 0.741. The van der Waals surface area contributed by atoms with Crippen molar-refractivity contribution >= 4 is 23.6 Å². The molecule has 0 saturated carbocycles. The van der Waals surface area contributed by atoms with Crippen molar-refractivity contribution in [1.82, 2.24) is 4.90 Å². The summed E-state index contributed by atoms with van der Waals surface area (Å²) in [7, 11) is 0. The van der Waals surface area contributed by atoms with Gasteiger partial charge in [0.2, 0.25) is 0 Å². The van der Waals surface area contributed by atoms with Crippen LogP contribution in [0.15, 0.2) is 24.3 Å². The van der Waals surface area contributed by atoms with Gasteiger partial charge in [0.15, 0.2) is 0 Å². The van der Waals surface area contributed by atoms with Crippen LogP contribution >= 0.6 is 12.6 Å². The first-order valence-electron chi connectivity index (χ1n) is 6.47. The molecule has 3 nitrogen and oxygen atoms in total. The highest BCUT2D eigenvalue weighted by Gasteiger charge is 2.04. The minimum absolute atomic E-state index is 0.314. The predicted molar refractivity (Wildman–Crippen MR) is 80.6 cm³/mol. The Morgan fingerprint density at radius 3 is 2.56 bits per heavy atom. The standard InChI is InChI=1S/C14H22N2OS/c1-3-16(4-2)11-7-9-12-8-5-6-10-13(12)15-14(17)18/h5-6,8,10H,3-4,7,9,11H2,1-2H3,(H2,15,17,18). The van der Waals surface area contributed by atoms with Crippen LogP contribution in [0.1, 0.15) is 25.8 Å². The molecule has 0 aliphatic heterocycles. The van der Waals surface area contributed by atoms with Crippen molar-refractivity contribution in [2.75, 3.05) is 25.0 Å². The van der Waals surface area contributed by atoms with Crippen molar-refractivity contribution in [2.45, 2.75) is 26.7 Å². The molecule has 0 spiro atoms. The Morgan fingerprint density at radius 1 is 1.28 bits per heavy atom. The molecule has 1 aromatic carbocycles. The molecule has 0 fully saturated rings. The van der Waals surface area contributed by atoms with E-state index in [1.807, 2.05) is 18.2 Å².